The predicted molar refractivity (Wildman–Crippen MR) is 77.7 cm³/mol. The molecule has 1 aliphatic rings. The number of carboxylic acid groups (broad SMARTS) is 1. The fourth-order valence-corrected chi connectivity index (χ4v) is 3.73. The third kappa shape index (κ3) is 2.97. The summed E-state index contributed by atoms with van der Waals surface area (Å²) < 4.78 is 32.5. The number of hydrogen-bond acceptors (Lipinski definition) is 6. The van der Waals surface area contributed by atoms with Gasteiger partial charge in [0.25, 0.3) is 0 Å². The van der Waals surface area contributed by atoms with Crippen molar-refractivity contribution >= 4 is 15.8 Å². The van der Waals surface area contributed by atoms with E-state index < -0.39 is 15.8 Å². The van der Waals surface area contributed by atoms with E-state index in [1.807, 2.05) is 0 Å². The first-order valence-electron chi connectivity index (χ1n) is 7.08. The van der Waals surface area contributed by atoms with Crippen LogP contribution in [0.15, 0.2) is 40.9 Å². The molecule has 1 fully saturated rings. The molecule has 23 heavy (non-hydrogen) atoms. The van der Waals surface area contributed by atoms with Gasteiger partial charge in [-0.05, 0) is 31.4 Å². The SMILES string of the molecule is O=C(O)c1ccc(S(=O)(=O)c2cncn2C2CCCCO2)nc1. The Kier molecular flexibility index (Phi) is 4.14. The number of aromatic carboxylic acids is 1. The predicted octanol–water partition coefficient (Wildman–Crippen LogP) is 1.51. The van der Waals surface area contributed by atoms with Crippen molar-refractivity contribution in [2.24, 2.45) is 0 Å². The molecule has 1 aliphatic heterocycles. The van der Waals surface area contributed by atoms with E-state index in [9.17, 15) is 13.2 Å². The number of sulfone groups is 1. The molecule has 8 nitrogen and oxygen atoms in total. The Morgan fingerprint density at radius 2 is 2.13 bits per heavy atom. The molecule has 0 aliphatic carbocycles. The fraction of sp³-hybridized carbons (Fsp3) is 0.357. The van der Waals surface area contributed by atoms with Gasteiger partial charge in [-0.15, -0.1) is 0 Å². The van der Waals surface area contributed by atoms with E-state index in [0.717, 1.165) is 19.0 Å². The Bertz CT molecular complexity index is 807. The summed E-state index contributed by atoms with van der Waals surface area (Å²) in [6.45, 7) is 0.577. The van der Waals surface area contributed by atoms with E-state index in [2.05, 4.69) is 9.97 Å². The van der Waals surface area contributed by atoms with Crippen molar-refractivity contribution in [2.75, 3.05) is 6.61 Å². The highest BCUT2D eigenvalue weighted by molar-refractivity contribution is 7.91. The Labute approximate surface area is 132 Å². The van der Waals surface area contributed by atoms with Crippen LogP contribution >= 0.6 is 0 Å². The van der Waals surface area contributed by atoms with Crippen LogP contribution in [0.2, 0.25) is 0 Å². The lowest BCUT2D eigenvalue weighted by molar-refractivity contribution is -0.0368. The monoisotopic (exact) mass is 337 g/mol. The van der Waals surface area contributed by atoms with Crippen LogP contribution in [-0.2, 0) is 14.6 Å². The summed E-state index contributed by atoms with van der Waals surface area (Å²) >= 11 is 0. The minimum absolute atomic E-state index is 0.0139. The van der Waals surface area contributed by atoms with Gasteiger partial charge in [0.1, 0.15) is 6.23 Å². The number of carbonyl (C=O) groups is 1. The maximum atomic E-state index is 12.7. The minimum atomic E-state index is -3.90. The quantitative estimate of drug-likeness (QED) is 0.900. The van der Waals surface area contributed by atoms with E-state index in [-0.39, 0.29) is 21.8 Å². The molecular formula is C14H15N3O5S. The van der Waals surface area contributed by atoms with Crippen molar-refractivity contribution in [3.05, 3.63) is 36.4 Å². The van der Waals surface area contributed by atoms with Gasteiger partial charge in [0.2, 0.25) is 9.84 Å². The first-order valence-corrected chi connectivity index (χ1v) is 8.56. The molecule has 2 aromatic rings. The molecule has 1 N–H and O–H groups in total. The van der Waals surface area contributed by atoms with E-state index in [0.29, 0.717) is 13.0 Å². The van der Waals surface area contributed by atoms with E-state index in [1.165, 1.54) is 29.2 Å². The molecule has 1 unspecified atom stereocenters. The van der Waals surface area contributed by atoms with Crippen LogP contribution in [-0.4, -0.2) is 40.6 Å². The molecule has 122 valence electrons. The van der Waals surface area contributed by atoms with Crippen molar-refractivity contribution in [1.82, 2.24) is 14.5 Å². The molecule has 0 saturated carbocycles. The molecule has 1 atom stereocenters. The number of hydrogen-bond donors (Lipinski definition) is 1. The number of aromatic nitrogens is 3. The lowest BCUT2D eigenvalue weighted by Crippen LogP contribution is -2.21. The molecule has 0 amide bonds. The second-order valence-electron chi connectivity index (χ2n) is 5.15. The number of rotatable bonds is 4. The summed E-state index contributed by atoms with van der Waals surface area (Å²) in [7, 11) is -3.90. The molecule has 1 saturated heterocycles. The van der Waals surface area contributed by atoms with Gasteiger partial charge < -0.3 is 9.84 Å². The van der Waals surface area contributed by atoms with Gasteiger partial charge in [0, 0.05) is 12.8 Å². The highest BCUT2D eigenvalue weighted by atomic mass is 32.2. The van der Waals surface area contributed by atoms with Crippen LogP contribution in [0.4, 0.5) is 0 Å². The second-order valence-corrected chi connectivity index (χ2v) is 7.00. The Morgan fingerprint density at radius 3 is 2.74 bits per heavy atom. The molecule has 0 aromatic carbocycles. The Hall–Kier alpha value is -2.26. The summed E-state index contributed by atoms with van der Waals surface area (Å²) in [6, 6.07) is 2.39. The van der Waals surface area contributed by atoms with Crippen molar-refractivity contribution in [3.8, 4) is 0 Å². The summed E-state index contributed by atoms with van der Waals surface area (Å²) in [5.41, 5.74) is -0.0759. The van der Waals surface area contributed by atoms with Crippen LogP contribution in [0.25, 0.3) is 0 Å². The fourth-order valence-electron chi connectivity index (χ4n) is 2.43. The average molecular weight is 337 g/mol. The molecule has 3 rings (SSSR count). The Balaban J connectivity index is 1.97. The van der Waals surface area contributed by atoms with Crippen molar-refractivity contribution in [3.63, 3.8) is 0 Å². The average Bonchev–Trinajstić information content (AvgIpc) is 3.06. The van der Waals surface area contributed by atoms with E-state index in [1.54, 1.807) is 0 Å². The zero-order valence-electron chi connectivity index (χ0n) is 12.1. The van der Waals surface area contributed by atoms with E-state index >= 15 is 0 Å². The van der Waals surface area contributed by atoms with Gasteiger partial charge in [-0.1, -0.05) is 0 Å². The largest absolute Gasteiger partial charge is 0.478 e. The molecule has 0 spiro atoms. The van der Waals surface area contributed by atoms with Crippen LogP contribution in [0.3, 0.4) is 0 Å². The molecule has 3 heterocycles. The topological polar surface area (TPSA) is 111 Å². The standard InChI is InChI=1S/C14H15N3O5S/c18-14(19)10-4-5-11(16-7-10)23(20,21)13-8-15-9-17(13)12-3-1-2-6-22-12/h4-5,7-9,12H,1-3,6H2,(H,18,19). The van der Waals surface area contributed by atoms with Crippen molar-refractivity contribution in [2.45, 2.75) is 35.5 Å². The second kappa shape index (κ2) is 6.09. The number of nitrogens with zero attached hydrogens (tertiary/aromatic N) is 3. The van der Waals surface area contributed by atoms with Gasteiger partial charge in [-0.2, -0.15) is 0 Å². The number of carboxylic acids is 1. The highest BCUT2D eigenvalue weighted by Gasteiger charge is 2.28. The summed E-state index contributed by atoms with van der Waals surface area (Å²) in [4.78, 5) is 18.5. The summed E-state index contributed by atoms with van der Waals surface area (Å²) in [6.07, 6.45) is 5.94. The number of pyridine rings is 1. The first-order chi connectivity index (χ1) is 11.0. The minimum Gasteiger partial charge on any atom is -0.478 e. The highest BCUT2D eigenvalue weighted by Crippen LogP contribution is 2.27. The Morgan fingerprint density at radius 1 is 1.30 bits per heavy atom. The van der Waals surface area contributed by atoms with Gasteiger partial charge in [-0.25, -0.2) is 23.2 Å². The van der Waals surface area contributed by atoms with Crippen LogP contribution in [0.5, 0.6) is 0 Å². The first kappa shape index (κ1) is 15.6. The lowest BCUT2D eigenvalue weighted by Gasteiger charge is -2.25. The van der Waals surface area contributed by atoms with Gasteiger partial charge in [0.15, 0.2) is 10.1 Å². The molecule has 9 heteroatoms. The summed E-state index contributed by atoms with van der Waals surface area (Å²) in [5.74, 6) is -1.16. The van der Waals surface area contributed by atoms with E-state index in [4.69, 9.17) is 9.84 Å². The van der Waals surface area contributed by atoms with Crippen molar-refractivity contribution < 1.29 is 23.1 Å². The summed E-state index contributed by atoms with van der Waals surface area (Å²) in [5, 5.41) is 8.62. The van der Waals surface area contributed by atoms with Crippen molar-refractivity contribution in [1.29, 1.82) is 0 Å². The number of ether oxygens (including phenoxy) is 1. The van der Waals surface area contributed by atoms with Gasteiger partial charge in [-0.3, -0.25) is 4.57 Å². The maximum Gasteiger partial charge on any atom is 0.337 e. The van der Waals surface area contributed by atoms with Gasteiger partial charge >= 0.3 is 5.97 Å². The smallest absolute Gasteiger partial charge is 0.337 e. The zero-order chi connectivity index (χ0) is 16.4. The van der Waals surface area contributed by atoms with Crippen LogP contribution < -0.4 is 0 Å². The zero-order valence-corrected chi connectivity index (χ0v) is 12.9. The van der Waals surface area contributed by atoms with Gasteiger partial charge in [0.05, 0.1) is 18.1 Å². The molecule has 0 bridgehead atoms. The molecule has 0 radical (unpaired) electrons. The maximum absolute atomic E-state index is 12.7. The number of imidazole rings is 1. The van der Waals surface area contributed by atoms with Crippen LogP contribution in [0, 0.1) is 0 Å². The molecular weight excluding hydrogens is 322 g/mol. The molecule has 2 aromatic heterocycles. The normalized spacial score (nSPS) is 18.7. The van der Waals surface area contributed by atoms with Crippen LogP contribution in [0.1, 0.15) is 35.8 Å². The third-order valence-electron chi connectivity index (χ3n) is 3.63. The third-order valence-corrected chi connectivity index (χ3v) is 5.29. The lowest BCUT2D eigenvalue weighted by atomic mass is 10.2.